The molecule has 0 aromatic carbocycles. The predicted molar refractivity (Wildman–Crippen MR) is 81.6 cm³/mol. The summed E-state index contributed by atoms with van der Waals surface area (Å²) in [7, 11) is 0. The van der Waals surface area contributed by atoms with Crippen LogP contribution in [0.5, 0.6) is 0 Å². The van der Waals surface area contributed by atoms with E-state index in [-0.39, 0.29) is 43.6 Å². The number of carbonyl (C=O) groups is 1. The van der Waals surface area contributed by atoms with Crippen LogP contribution >= 0.6 is 0 Å². The van der Waals surface area contributed by atoms with E-state index in [4.69, 9.17) is 9.84 Å². The number of hydrogen-bond donors (Lipinski definition) is 2. The van der Waals surface area contributed by atoms with Gasteiger partial charge in [0.05, 0.1) is 19.3 Å². The van der Waals surface area contributed by atoms with Crippen LogP contribution in [0.15, 0.2) is 0 Å². The Morgan fingerprint density at radius 2 is 1.48 bits per heavy atom. The van der Waals surface area contributed by atoms with E-state index in [2.05, 4.69) is 0 Å². The fraction of sp³-hybridized carbons (Fsp3) is 0.938. The molecule has 0 heterocycles. The zero-order valence-corrected chi connectivity index (χ0v) is 16.0. The van der Waals surface area contributed by atoms with Gasteiger partial charge >= 0.3 is 35.5 Å². The minimum absolute atomic E-state index is 0. The number of ether oxygens (including phenoxy) is 1. The van der Waals surface area contributed by atoms with Gasteiger partial charge in [0.1, 0.15) is 0 Å². The average Bonchev–Trinajstić information content (AvgIpc) is 2.44. The molecule has 5 heteroatoms. The van der Waals surface area contributed by atoms with Gasteiger partial charge in [-0.2, -0.15) is 0 Å². The molecule has 2 N–H and O–H groups in total. The van der Waals surface area contributed by atoms with Crippen LogP contribution in [0.2, 0.25) is 0 Å². The molecule has 21 heavy (non-hydrogen) atoms. The van der Waals surface area contributed by atoms with E-state index in [1.165, 1.54) is 32.1 Å². The maximum absolute atomic E-state index is 11.1. The molecular weight excluding hydrogens is 279 g/mol. The summed E-state index contributed by atoms with van der Waals surface area (Å²) >= 11 is 0. The summed E-state index contributed by atoms with van der Waals surface area (Å²) in [6.45, 7) is 2.20. The van der Waals surface area contributed by atoms with Gasteiger partial charge in [-0.3, -0.25) is 4.79 Å². The van der Waals surface area contributed by atoms with E-state index in [0.717, 1.165) is 25.7 Å². The van der Waals surface area contributed by atoms with Crippen molar-refractivity contribution < 1.29 is 50.7 Å². The Morgan fingerprint density at radius 1 is 1.00 bits per heavy atom. The Morgan fingerprint density at radius 3 is 1.95 bits per heavy atom. The van der Waals surface area contributed by atoms with Gasteiger partial charge in [0.15, 0.2) is 0 Å². The van der Waals surface area contributed by atoms with Crippen molar-refractivity contribution in [3.63, 3.8) is 0 Å². The Balaban J connectivity index is -0.00000180. The van der Waals surface area contributed by atoms with Gasteiger partial charge < -0.3 is 16.4 Å². The summed E-state index contributed by atoms with van der Waals surface area (Å²) < 4.78 is 4.88. The number of rotatable bonds is 14. The molecule has 0 fully saturated rings. The fourth-order valence-electron chi connectivity index (χ4n) is 2.21. The fourth-order valence-corrected chi connectivity index (χ4v) is 2.21. The van der Waals surface area contributed by atoms with E-state index in [0.29, 0.717) is 19.4 Å². The Labute approximate surface area is 153 Å². The van der Waals surface area contributed by atoms with Crippen LogP contribution in [0.3, 0.4) is 0 Å². The summed E-state index contributed by atoms with van der Waals surface area (Å²) in [5.74, 6) is -0.0717. The number of carbonyl (C=O) groups excluding carboxylic acids is 1. The molecule has 0 saturated heterocycles. The molecule has 1 unspecified atom stereocenters. The Bertz CT molecular complexity index is 230. The van der Waals surface area contributed by atoms with Crippen molar-refractivity contribution in [3.05, 3.63) is 0 Å². The number of esters is 1. The molecule has 0 rings (SSSR count). The van der Waals surface area contributed by atoms with Gasteiger partial charge in [-0.15, -0.1) is 0 Å². The predicted octanol–water partition coefficient (Wildman–Crippen LogP) is 0.310. The van der Waals surface area contributed by atoms with Crippen LogP contribution in [0.1, 0.15) is 79.0 Å². The van der Waals surface area contributed by atoms with Crippen LogP contribution < -0.4 is 29.6 Å². The summed E-state index contributed by atoms with van der Waals surface area (Å²) in [6, 6.07) is 0. The van der Waals surface area contributed by atoms with Crippen LogP contribution in [0.25, 0.3) is 0 Å². The minimum Gasteiger partial charge on any atom is -1.00 e. The second-order valence-electron chi connectivity index (χ2n) is 5.36. The van der Waals surface area contributed by atoms with Gasteiger partial charge in [0, 0.05) is 6.42 Å². The molecule has 0 aliphatic heterocycles. The van der Waals surface area contributed by atoms with E-state index in [1.54, 1.807) is 0 Å². The molecule has 122 valence electrons. The van der Waals surface area contributed by atoms with Gasteiger partial charge in [-0.05, 0) is 19.8 Å². The third kappa shape index (κ3) is 18.3. The first-order valence-electron chi connectivity index (χ1n) is 8.15. The molecule has 0 aliphatic rings. The molecule has 0 saturated carbocycles. The molecule has 0 radical (unpaired) electrons. The van der Waals surface area contributed by atoms with E-state index in [9.17, 15) is 9.90 Å². The summed E-state index contributed by atoms with van der Waals surface area (Å²) in [5.41, 5.74) is 0. The summed E-state index contributed by atoms with van der Waals surface area (Å²) in [5, 5.41) is 17.8. The topological polar surface area (TPSA) is 66.8 Å². The monoisotopic (exact) mass is 312 g/mol. The Hall–Kier alpha value is 0.390. The second kappa shape index (κ2) is 18.4. The van der Waals surface area contributed by atoms with Crippen molar-refractivity contribution in [2.45, 2.75) is 83.7 Å². The van der Waals surface area contributed by atoms with Crippen molar-refractivity contribution in [3.8, 4) is 0 Å². The zero-order valence-electron chi connectivity index (χ0n) is 15.0. The second-order valence-corrected chi connectivity index (χ2v) is 5.36. The average molecular weight is 312 g/mol. The van der Waals surface area contributed by atoms with Crippen LogP contribution in [0, 0.1) is 0 Å². The van der Waals surface area contributed by atoms with E-state index >= 15 is 0 Å². The third-order valence-corrected chi connectivity index (χ3v) is 3.43. The molecule has 0 spiro atoms. The first-order chi connectivity index (χ1) is 9.70. The Kier molecular flexibility index (Phi) is 20.8. The first kappa shape index (κ1) is 23.7. The standard InChI is InChI=1S/C16H32O4.Na.H/c1-2-20-16(19)13-11-9-7-5-3-4-6-8-10-12-15(18)14-17;;/h15,17-18H,2-14H2,1H3;;/q;+1;-1. The quantitative estimate of drug-likeness (QED) is 0.275. The molecule has 0 aromatic heterocycles. The number of hydrogen-bond acceptors (Lipinski definition) is 4. The number of aliphatic hydroxyl groups excluding tert-OH is 2. The maximum atomic E-state index is 11.1. The van der Waals surface area contributed by atoms with Crippen LogP contribution in [0.4, 0.5) is 0 Å². The molecular formula is C16H33NaO4. The molecule has 0 amide bonds. The van der Waals surface area contributed by atoms with E-state index < -0.39 is 6.10 Å². The van der Waals surface area contributed by atoms with Crippen LogP contribution in [-0.2, 0) is 9.53 Å². The molecule has 0 aromatic rings. The maximum Gasteiger partial charge on any atom is 1.00 e. The number of unbranched alkanes of at least 4 members (excludes halogenated alkanes) is 8. The third-order valence-electron chi connectivity index (χ3n) is 3.43. The van der Waals surface area contributed by atoms with Crippen molar-refractivity contribution in [1.82, 2.24) is 0 Å². The van der Waals surface area contributed by atoms with Crippen molar-refractivity contribution in [2.75, 3.05) is 13.2 Å². The van der Waals surface area contributed by atoms with Gasteiger partial charge in [0.2, 0.25) is 0 Å². The normalized spacial score (nSPS) is 11.8. The minimum atomic E-state index is -0.533. The van der Waals surface area contributed by atoms with Gasteiger partial charge in [-0.1, -0.05) is 51.4 Å². The first-order valence-corrected chi connectivity index (χ1v) is 8.15. The summed E-state index contributed by atoms with van der Waals surface area (Å²) in [6.07, 6.45) is 11.1. The SMILES string of the molecule is CCOC(=O)CCCCCCCCCCCC(O)CO.[H-].[Na+]. The largest absolute Gasteiger partial charge is 1.00 e. The van der Waals surface area contributed by atoms with Crippen molar-refractivity contribution in [1.29, 1.82) is 0 Å². The zero-order chi connectivity index (χ0) is 15.1. The molecule has 0 aliphatic carbocycles. The number of aliphatic hydroxyl groups is 2. The van der Waals surface area contributed by atoms with Gasteiger partial charge in [0.25, 0.3) is 0 Å². The van der Waals surface area contributed by atoms with Crippen molar-refractivity contribution in [2.24, 2.45) is 0 Å². The molecule has 1 atom stereocenters. The van der Waals surface area contributed by atoms with Crippen LogP contribution in [-0.4, -0.2) is 35.5 Å². The van der Waals surface area contributed by atoms with Crippen molar-refractivity contribution >= 4 is 5.97 Å². The van der Waals surface area contributed by atoms with Gasteiger partial charge in [-0.25, -0.2) is 0 Å². The summed E-state index contributed by atoms with van der Waals surface area (Å²) in [4.78, 5) is 11.1. The molecule has 0 bridgehead atoms. The smallest absolute Gasteiger partial charge is 1.00 e. The molecule has 4 nitrogen and oxygen atoms in total. The van der Waals surface area contributed by atoms with E-state index in [1.807, 2.05) is 6.92 Å².